The number of hydrogen-bond donors (Lipinski definition) is 1. The predicted molar refractivity (Wildman–Crippen MR) is 94.4 cm³/mol. The highest BCUT2D eigenvalue weighted by atomic mass is 35.5. The predicted octanol–water partition coefficient (Wildman–Crippen LogP) is 3.41. The summed E-state index contributed by atoms with van der Waals surface area (Å²) >= 11 is 0. The van der Waals surface area contributed by atoms with Gasteiger partial charge in [-0.3, -0.25) is 9.69 Å². The highest BCUT2D eigenvalue weighted by Gasteiger charge is 2.55. The van der Waals surface area contributed by atoms with Crippen LogP contribution in [0.15, 0.2) is 34.9 Å². The number of nitrogens with zero attached hydrogens (tertiary/aromatic N) is 3. The van der Waals surface area contributed by atoms with Crippen molar-refractivity contribution in [3.8, 4) is 11.4 Å². The van der Waals surface area contributed by atoms with Gasteiger partial charge in [-0.15, -0.1) is 12.4 Å². The summed E-state index contributed by atoms with van der Waals surface area (Å²) < 4.78 is 5.46. The summed E-state index contributed by atoms with van der Waals surface area (Å²) in [5.41, 5.74) is 0.330. The summed E-state index contributed by atoms with van der Waals surface area (Å²) in [5, 5.41) is 13.8. The second kappa shape index (κ2) is 6.77. The summed E-state index contributed by atoms with van der Waals surface area (Å²) in [6, 6.07) is 9.64. The van der Waals surface area contributed by atoms with Crippen molar-refractivity contribution in [2.75, 3.05) is 13.1 Å². The minimum atomic E-state index is -0.657. The molecule has 1 N–H and O–H groups in total. The van der Waals surface area contributed by atoms with Crippen LogP contribution in [0.2, 0.25) is 0 Å². The highest BCUT2D eigenvalue weighted by Crippen LogP contribution is 2.50. The number of hydrogen-bond acceptors (Lipinski definition) is 5. The van der Waals surface area contributed by atoms with Crippen LogP contribution >= 0.6 is 12.4 Å². The van der Waals surface area contributed by atoms with Gasteiger partial charge in [-0.1, -0.05) is 41.9 Å². The zero-order valence-corrected chi connectivity index (χ0v) is 14.9. The van der Waals surface area contributed by atoms with Crippen molar-refractivity contribution in [3.05, 3.63) is 36.2 Å². The second-order valence-corrected chi connectivity index (χ2v) is 6.98. The molecule has 0 radical (unpaired) electrons. The molecule has 6 nitrogen and oxygen atoms in total. The Labute approximate surface area is 152 Å². The molecule has 1 aromatic heterocycles. The lowest BCUT2D eigenvalue weighted by Crippen LogP contribution is -2.36. The standard InChI is InChI=1S/C18H21N3O3.ClH/c1-12(16-19-15(20-24-16)13-6-3-2-4-7-13)21-10-14-8-5-9-18(14,11-21)17(22)23;/h2-4,6-7,12,14H,5,8-11H2,1H3,(H,22,23);1H/t12?,14-,18+;/m0./s1. The molecule has 1 aliphatic heterocycles. The van der Waals surface area contributed by atoms with Crippen molar-refractivity contribution in [1.82, 2.24) is 15.0 Å². The van der Waals surface area contributed by atoms with Crippen molar-refractivity contribution in [2.24, 2.45) is 11.3 Å². The third-order valence-corrected chi connectivity index (χ3v) is 5.70. The van der Waals surface area contributed by atoms with Crippen molar-refractivity contribution in [3.63, 3.8) is 0 Å². The molecule has 2 heterocycles. The van der Waals surface area contributed by atoms with E-state index < -0.39 is 11.4 Å². The molecule has 0 spiro atoms. The van der Waals surface area contributed by atoms with Crippen LogP contribution in [0.4, 0.5) is 0 Å². The van der Waals surface area contributed by atoms with Gasteiger partial charge in [-0.2, -0.15) is 4.98 Å². The Hall–Kier alpha value is -1.92. The van der Waals surface area contributed by atoms with Crippen LogP contribution in [0.5, 0.6) is 0 Å². The van der Waals surface area contributed by atoms with Gasteiger partial charge in [-0.25, -0.2) is 0 Å². The minimum absolute atomic E-state index is 0. The van der Waals surface area contributed by atoms with Gasteiger partial charge in [0.2, 0.25) is 11.7 Å². The molecule has 1 saturated heterocycles. The molecule has 4 rings (SSSR count). The third-order valence-electron chi connectivity index (χ3n) is 5.70. The number of carbonyl (C=O) groups is 1. The van der Waals surface area contributed by atoms with Gasteiger partial charge in [0.25, 0.3) is 0 Å². The maximum Gasteiger partial charge on any atom is 0.311 e. The maximum absolute atomic E-state index is 11.8. The SMILES string of the molecule is CC(c1nc(-c2ccccc2)no1)N1C[C@@H]2CCC[C@@]2(C(=O)O)C1.Cl. The minimum Gasteiger partial charge on any atom is -0.481 e. The number of aliphatic carboxylic acids is 1. The van der Waals surface area contributed by atoms with Gasteiger partial charge in [0.05, 0.1) is 11.5 Å². The Kier molecular flexibility index (Phi) is 4.84. The smallest absolute Gasteiger partial charge is 0.311 e. The molecule has 2 aromatic rings. The van der Waals surface area contributed by atoms with Gasteiger partial charge < -0.3 is 9.63 Å². The van der Waals surface area contributed by atoms with Gasteiger partial charge in [0.15, 0.2) is 0 Å². The first-order valence-electron chi connectivity index (χ1n) is 8.46. The fourth-order valence-corrected chi connectivity index (χ4v) is 4.24. The van der Waals surface area contributed by atoms with Crippen LogP contribution in [0.25, 0.3) is 11.4 Å². The van der Waals surface area contributed by atoms with Crippen LogP contribution in [0.1, 0.15) is 38.1 Å². The van der Waals surface area contributed by atoms with Crippen LogP contribution in [0, 0.1) is 11.3 Å². The molecule has 0 amide bonds. The molecule has 1 aromatic carbocycles. The number of halogens is 1. The normalized spacial score (nSPS) is 26.8. The van der Waals surface area contributed by atoms with Crippen molar-refractivity contribution in [2.45, 2.75) is 32.2 Å². The second-order valence-electron chi connectivity index (χ2n) is 6.98. The summed E-state index contributed by atoms with van der Waals surface area (Å²) in [4.78, 5) is 18.5. The Morgan fingerprint density at radius 2 is 2.16 bits per heavy atom. The largest absolute Gasteiger partial charge is 0.481 e. The summed E-state index contributed by atoms with van der Waals surface area (Å²) in [6.45, 7) is 3.37. The molecule has 1 saturated carbocycles. The number of aromatic nitrogens is 2. The monoisotopic (exact) mass is 363 g/mol. The van der Waals surface area contributed by atoms with E-state index in [1.54, 1.807) is 0 Å². The first-order valence-corrected chi connectivity index (χ1v) is 8.46. The fourth-order valence-electron chi connectivity index (χ4n) is 4.24. The number of carboxylic acid groups (broad SMARTS) is 1. The van der Waals surface area contributed by atoms with Crippen molar-refractivity contribution >= 4 is 18.4 Å². The zero-order chi connectivity index (χ0) is 16.7. The number of carboxylic acids is 1. The Balaban J connectivity index is 0.00000182. The van der Waals surface area contributed by atoms with Crippen molar-refractivity contribution in [1.29, 1.82) is 0 Å². The van der Waals surface area contributed by atoms with E-state index in [4.69, 9.17) is 4.52 Å². The van der Waals surface area contributed by atoms with Gasteiger partial charge in [0.1, 0.15) is 0 Å². The van der Waals surface area contributed by atoms with E-state index in [0.717, 1.165) is 31.4 Å². The van der Waals surface area contributed by atoms with E-state index in [-0.39, 0.29) is 24.4 Å². The number of likely N-dealkylation sites (tertiary alicyclic amines) is 1. The molecule has 2 fully saturated rings. The van der Waals surface area contributed by atoms with Gasteiger partial charge >= 0.3 is 5.97 Å². The van der Waals surface area contributed by atoms with E-state index in [1.165, 1.54) is 0 Å². The Bertz CT molecular complexity index is 751. The molecule has 2 aliphatic rings. The maximum atomic E-state index is 11.8. The lowest BCUT2D eigenvalue weighted by Gasteiger charge is -2.25. The highest BCUT2D eigenvalue weighted by molar-refractivity contribution is 5.85. The molecule has 1 aliphatic carbocycles. The first-order chi connectivity index (χ1) is 11.6. The molecular weight excluding hydrogens is 342 g/mol. The number of benzene rings is 1. The van der Waals surface area contributed by atoms with Crippen molar-refractivity contribution < 1.29 is 14.4 Å². The van der Waals surface area contributed by atoms with Crippen LogP contribution in [-0.2, 0) is 4.79 Å². The molecule has 1 unspecified atom stereocenters. The van der Waals surface area contributed by atoms with E-state index in [9.17, 15) is 9.90 Å². The molecule has 134 valence electrons. The molecular formula is C18H22ClN3O3. The van der Waals surface area contributed by atoms with E-state index >= 15 is 0 Å². The average molecular weight is 364 g/mol. The van der Waals surface area contributed by atoms with E-state index in [1.807, 2.05) is 37.3 Å². The van der Waals surface area contributed by atoms with Crippen LogP contribution < -0.4 is 0 Å². The van der Waals surface area contributed by atoms with Gasteiger partial charge in [-0.05, 0) is 25.7 Å². The van der Waals surface area contributed by atoms with E-state index in [0.29, 0.717) is 18.3 Å². The Morgan fingerprint density at radius 1 is 1.40 bits per heavy atom. The zero-order valence-electron chi connectivity index (χ0n) is 14.1. The summed E-state index contributed by atoms with van der Waals surface area (Å²) in [6.07, 6.45) is 2.78. The number of fused-ring (bicyclic) bond motifs is 1. The summed E-state index contributed by atoms with van der Waals surface area (Å²) in [7, 11) is 0. The summed E-state index contributed by atoms with van der Waals surface area (Å²) in [5.74, 6) is 0.698. The molecule has 7 heteroatoms. The Morgan fingerprint density at radius 3 is 2.84 bits per heavy atom. The topological polar surface area (TPSA) is 79.5 Å². The first kappa shape index (κ1) is 17.9. The average Bonchev–Trinajstić information content (AvgIpc) is 3.29. The third kappa shape index (κ3) is 2.93. The van der Waals surface area contributed by atoms with Crippen LogP contribution in [0.3, 0.4) is 0 Å². The fraction of sp³-hybridized carbons (Fsp3) is 0.500. The molecule has 0 bridgehead atoms. The molecule has 25 heavy (non-hydrogen) atoms. The van der Waals surface area contributed by atoms with Crippen LogP contribution in [-0.4, -0.2) is 39.2 Å². The number of rotatable bonds is 4. The van der Waals surface area contributed by atoms with E-state index in [2.05, 4.69) is 15.0 Å². The quantitative estimate of drug-likeness (QED) is 0.896. The van der Waals surface area contributed by atoms with Gasteiger partial charge in [0, 0.05) is 18.7 Å². The molecule has 3 atom stereocenters. The lowest BCUT2D eigenvalue weighted by molar-refractivity contribution is -0.149. The lowest BCUT2D eigenvalue weighted by atomic mass is 9.81.